The molecule has 0 spiro atoms. The summed E-state index contributed by atoms with van der Waals surface area (Å²) in [6.07, 6.45) is 7.73. The van der Waals surface area contributed by atoms with Crippen molar-refractivity contribution in [2.45, 2.75) is 52.6 Å². The van der Waals surface area contributed by atoms with E-state index < -0.39 is 0 Å². The molecule has 1 aromatic rings. The van der Waals surface area contributed by atoms with Crippen LogP contribution in [0.25, 0.3) is 0 Å². The van der Waals surface area contributed by atoms with Crippen LogP contribution in [0.3, 0.4) is 0 Å². The van der Waals surface area contributed by atoms with Crippen LogP contribution in [0.4, 0.5) is 0 Å². The number of aryl methyl sites for hydroxylation is 1. The first-order valence-corrected chi connectivity index (χ1v) is 6.07. The highest BCUT2D eigenvalue weighted by molar-refractivity contribution is 5.10. The molecule has 1 heterocycles. The standard InChI is InChI=1S/C12H23N3/c1-4-7-12(13-8-5-2)11-9-14-15(6-3)10-11/h9-10,12-13H,4-8H2,1-3H3. The molecular weight excluding hydrogens is 186 g/mol. The second kappa shape index (κ2) is 6.62. The zero-order valence-corrected chi connectivity index (χ0v) is 10.2. The van der Waals surface area contributed by atoms with E-state index in [1.54, 1.807) is 0 Å². The third-order valence-electron chi connectivity index (χ3n) is 2.60. The first-order chi connectivity index (χ1) is 7.31. The summed E-state index contributed by atoms with van der Waals surface area (Å²) in [4.78, 5) is 0. The van der Waals surface area contributed by atoms with Crippen LogP contribution in [-0.2, 0) is 6.54 Å². The highest BCUT2D eigenvalue weighted by Gasteiger charge is 2.11. The smallest absolute Gasteiger partial charge is 0.0537 e. The van der Waals surface area contributed by atoms with Crippen LogP contribution < -0.4 is 5.32 Å². The normalized spacial score (nSPS) is 13.0. The Morgan fingerprint density at radius 1 is 1.33 bits per heavy atom. The summed E-state index contributed by atoms with van der Waals surface area (Å²) in [7, 11) is 0. The minimum Gasteiger partial charge on any atom is -0.310 e. The fraction of sp³-hybridized carbons (Fsp3) is 0.750. The van der Waals surface area contributed by atoms with Crippen molar-refractivity contribution >= 4 is 0 Å². The lowest BCUT2D eigenvalue weighted by Gasteiger charge is -2.15. The maximum absolute atomic E-state index is 4.32. The van der Waals surface area contributed by atoms with Crippen LogP contribution in [0.15, 0.2) is 12.4 Å². The van der Waals surface area contributed by atoms with Gasteiger partial charge in [0, 0.05) is 24.3 Å². The first-order valence-electron chi connectivity index (χ1n) is 6.07. The quantitative estimate of drug-likeness (QED) is 0.748. The van der Waals surface area contributed by atoms with E-state index in [0.717, 1.165) is 13.1 Å². The van der Waals surface area contributed by atoms with Crippen molar-refractivity contribution in [1.82, 2.24) is 15.1 Å². The SMILES string of the molecule is CCCNC(CCC)c1cnn(CC)c1. The van der Waals surface area contributed by atoms with Crippen LogP contribution in [0.5, 0.6) is 0 Å². The molecule has 0 bridgehead atoms. The monoisotopic (exact) mass is 209 g/mol. The number of hydrogen-bond acceptors (Lipinski definition) is 2. The summed E-state index contributed by atoms with van der Waals surface area (Å²) in [6.45, 7) is 8.58. The number of rotatable bonds is 7. The number of hydrogen-bond donors (Lipinski definition) is 1. The fourth-order valence-electron chi connectivity index (χ4n) is 1.73. The molecule has 0 amide bonds. The zero-order valence-electron chi connectivity index (χ0n) is 10.2. The molecule has 3 heteroatoms. The van der Waals surface area contributed by atoms with Gasteiger partial charge in [-0.05, 0) is 26.3 Å². The molecule has 0 saturated carbocycles. The second-order valence-electron chi connectivity index (χ2n) is 3.92. The largest absolute Gasteiger partial charge is 0.310 e. The Balaban J connectivity index is 2.60. The fourth-order valence-corrected chi connectivity index (χ4v) is 1.73. The molecule has 15 heavy (non-hydrogen) atoms. The van der Waals surface area contributed by atoms with Gasteiger partial charge in [0.05, 0.1) is 6.20 Å². The van der Waals surface area contributed by atoms with E-state index in [2.05, 4.69) is 37.4 Å². The van der Waals surface area contributed by atoms with Crippen molar-refractivity contribution in [3.8, 4) is 0 Å². The van der Waals surface area contributed by atoms with E-state index in [-0.39, 0.29) is 0 Å². The summed E-state index contributed by atoms with van der Waals surface area (Å²) >= 11 is 0. The molecule has 0 radical (unpaired) electrons. The molecule has 86 valence electrons. The molecule has 1 aromatic heterocycles. The molecule has 0 saturated heterocycles. The van der Waals surface area contributed by atoms with Gasteiger partial charge in [-0.15, -0.1) is 0 Å². The number of nitrogens with zero attached hydrogens (tertiary/aromatic N) is 2. The molecule has 3 nitrogen and oxygen atoms in total. The molecular formula is C12H23N3. The lowest BCUT2D eigenvalue weighted by atomic mass is 10.1. The number of nitrogens with one attached hydrogen (secondary N) is 1. The van der Waals surface area contributed by atoms with Gasteiger partial charge < -0.3 is 5.32 Å². The Bertz CT molecular complexity index is 268. The van der Waals surface area contributed by atoms with E-state index in [0.29, 0.717) is 6.04 Å². The van der Waals surface area contributed by atoms with Gasteiger partial charge in [-0.1, -0.05) is 20.3 Å². The van der Waals surface area contributed by atoms with Crippen molar-refractivity contribution in [2.75, 3.05) is 6.54 Å². The van der Waals surface area contributed by atoms with Crippen molar-refractivity contribution < 1.29 is 0 Å². The maximum atomic E-state index is 4.32. The summed E-state index contributed by atoms with van der Waals surface area (Å²) in [5, 5.41) is 7.89. The number of aromatic nitrogens is 2. The summed E-state index contributed by atoms with van der Waals surface area (Å²) in [6, 6.07) is 0.482. The predicted molar refractivity (Wildman–Crippen MR) is 63.8 cm³/mol. The average Bonchev–Trinajstić information content (AvgIpc) is 2.72. The van der Waals surface area contributed by atoms with Gasteiger partial charge in [0.1, 0.15) is 0 Å². The Hall–Kier alpha value is -0.830. The summed E-state index contributed by atoms with van der Waals surface area (Å²) in [5.41, 5.74) is 1.33. The maximum Gasteiger partial charge on any atom is 0.0537 e. The van der Waals surface area contributed by atoms with E-state index in [1.807, 2.05) is 10.9 Å². The molecule has 0 aliphatic heterocycles. The van der Waals surface area contributed by atoms with E-state index in [9.17, 15) is 0 Å². The topological polar surface area (TPSA) is 29.9 Å². The second-order valence-corrected chi connectivity index (χ2v) is 3.92. The van der Waals surface area contributed by atoms with E-state index >= 15 is 0 Å². The minimum absolute atomic E-state index is 0.482. The Kier molecular flexibility index (Phi) is 5.40. The molecule has 0 aliphatic carbocycles. The van der Waals surface area contributed by atoms with Gasteiger partial charge in [-0.3, -0.25) is 4.68 Å². The lowest BCUT2D eigenvalue weighted by Crippen LogP contribution is -2.21. The molecule has 1 atom stereocenters. The highest BCUT2D eigenvalue weighted by atomic mass is 15.3. The lowest BCUT2D eigenvalue weighted by molar-refractivity contribution is 0.493. The Morgan fingerprint density at radius 2 is 2.13 bits per heavy atom. The third-order valence-corrected chi connectivity index (χ3v) is 2.60. The van der Waals surface area contributed by atoms with Crippen molar-refractivity contribution in [3.63, 3.8) is 0 Å². The predicted octanol–water partition coefficient (Wildman–Crippen LogP) is 2.74. The first kappa shape index (κ1) is 12.2. The highest BCUT2D eigenvalue weighted by Crippen LogP contribution is 2.17. The van der Waals surface area contributed by atoms with Gasteiger partial charge in [0.25, 0.3) is 0 Å². The molecule has 0 aliphatic rings. The van der Waals surface area contributed by atoms with Gasteiger partial charge >= 0.3 is 0 Å². The van der Waals surface area contributed by atoms with Gasteiger partial charge in [-0.25, -0.2) is 0 Å². The molecule has 1 N–H and O–H groups in total. The van der Waals surface area contributed by atoms with E-state index in [1.165, 1.54) is 24.8 Å². The molecule has 0 fully saturated rings. The van der Waals surface area contributed by atoms with Crippen molar-refractivity contribution in [3.05, 3.63) is 18.0 Å². The average molecular weight is 209 g/mol. The molecule has 0 aromatic carbocycles. The van der Waals surface area contributed by atoms with Crippen molar-refractivity contribution in [1.29, 1.82) is 0 Å². The Morgan fingerprint density at radius 3 is 2.67 bits per heavy atom. The van der Waals surface area contributed by atoms with Crippen LogP contribution in [-0.4, -0.2) is 16.3 Å². The zero-order chi connectivity index (χ0) is 11.1. The third kappa shape index (κ3) is 3.67. The van der Waals surface area contributed by atoms with Crippen LogP contribution >= 0.6 is 0 Å². The van der Waals surface area contributed by atoms with Crippen molar-refractivity contribution in [2.24, 2.45) is 0 Å². The van der Waals surface area contributed by atoms with Gasteiger partial charge in [-0.2, -0.15) is 5.10 Å². The summed E-state index contributed by atoms with van der Waals surface area (Å²) in [5.74, 6) is 0. The molecule has 1 rings (SSSR count). The van der Waals surface area contributed by atoms with Crippen LogP contribution in [0.2, 0.25) is 0 Å². The minimum atomic E-state index is 0.482. The Labute approximate surface area is 92.9 Å². The summed E-state index contributed by atoms with van der Waals surface area (Å²) < 4.78 is 1.99. The van der Waals surface area contributed by atoms with Gasteiger partial charge in [0.2, 0.25) is 0 Å². The van der Waals surface area contributed by atoms with Gasteiger partial charge in [0.15, 0.2) is 0 Å². The van der Waals surface area contributed by atoms with Crippen LogP contribution in [0.1, 0.15) is 51.6 Å². The molecule has 1 unspecified atom stereocenters. The van der Waals surface area contributed by atoms with E-state index in [4.69, 9.17) is 0 Å². The van der Waals surface area contributed by atoms with Crippen LogP contribution in [0, 0.1) is 0 Å².